The summed E-state index contributed by atoms with van der Waals surface area (Å²) in [6.45, 7) is 5.86. The normalized spacial score (nSPS) is 34.8. The summed E-state index contributed by atoms with van der Waals surface area (Å²) < 4.78 is 5.44. The van der Waals surface area contributed by atoms with Crippen LogP contribution in [0.5, 0.6) is 0 Å². The van der Waals surface area contributed by atoms with Crippen molar-refractivity contribution < 1.29 is 9.53 Å². The van der Waals surface area contributed by atoms with Crippen LogP contribution in [0.2, 0.25) is 0 Å². The molecule has 0 unspecified atom stereocenters. The molecule has 4 heteroatoms. The fraction of sp³-hybridized carbons (Fsp3) is 0.533. The van der Waals surface area contributed by atoms with E-state index in [-0.39, 0.29) is 12.1 Å². The van der Waals surface area contributed by atoms with Crippen molar-refractivity contribution in [1.29, 1.82) is 0 Å². The van der Waals surface area contributed by atoms with Gasteiger partial charge in [-0.3, -0.25) is 4.79 Å². The van der Waals surface area contributed by atoms with Crippen LogP contribution in [0.15, 0.2) is 30.3 Å². The van der Waals surface area contributed by atoms with E-state index in [0.717, 1.165) is 12.6 Å². The van der Waals surface area contributed by atoms with E-state index in [4.69, 9.17) is 16.5 Å². The summed E-state index contributed by atoms with van der Waals surface area (Å²) in [4.78, 5) is 11.2. The molecule has 4 atom stereocenters. The molecule has 0 aromatic heterocycles. The number of carbonyl (C=O) groups excluding carboxylic acids is 1. The van der Waals surface area contributed by atoms with Crippen molar-refractivity contribution in [3.8, 4) is 0 Å². The second-order valence-corrected chi connectivity index (χ2v) is 10.8. The van der Waals surface area contributed by atoms with Crippen LogP contribution in [0.3, 0.4) is 0 Å². The van der Waals surface area contributed by atoms with Crippen molar-refractivity contribution in [3.05, 3.63) is 30.3 Å². The smallest absolute Gasteiger partial charge is 0.302 e. The van der Waals surface area contributed by atoms with Gasteiger partial charge in [-0.25, -0.2) is 0 Å². The van der Waals surface area contributed by atoms with Crippen LogP contribution < -0.4 is 5.30 Å². The van der Waals surface area contributed by atoms with Gasteiger partial charge in [-0.2, -0.15) is 0 Å². The van der Waals surface area contributed by atoms with Crippen molar-refractivity contribution in [2.24, 2.45) is 5.92 Å². The average Bonchev–Trinajstić information content (AvgIpc) is 2.36. The summed E-state index contributed by atoms with van der Waals surface area (Å²) in [5.41, 5.74) is 0.436. The Hall–Kier alpha value is -0.660. The monoisotopic (exact) mass is 296 g/mol. The SMILES string of the molecule is CC(=O)O[C@H]1C[C@@H](C)[P@](=S)(c2ccccc2)C[C@@H]1C. The van der Waals surface area contributed by atoms with Crippen LogP contribution in [-0.4, -0.2) is 23.9 Å². The topological polar surface area (TPSA) is 26.3 Å². The Labute approximate surface area is 120 Å². The molecule has 0 radical (unpaired) electrons. The highest BCUT2D eigenvalue weighted by Crippen LogP contribution is 2.57. The molecule has 1 heterocycles. The van der Waals surface area contributed by atoms with Gasteiger partial charge in [0, 0.05) is 6.92 Å². The molecule has 2 rings (SSSR count). The maximum atomic E-state index is 11.2. The number of carbonyl (C=O) groups is 1. The van der Waals surface area contributed by atoms with E-state index in [0.29, 0.717) is 11.6 Å². The lowest BCUT2D eigenvalue weighted by Crippen LogP contribution is -2.38. The van der Waals surface area contributed by atoms with Crippen LogP contribution in [0.1, 0.15) is 27.2 Å². The van der Waals surface area contributed by atoms with Gasteiger partial charge in [0.05, 0.1) is 0 Å². The molecular formula is C15H21O2PS. The van der Waals surface area contributed by atoms with Crippen LogP contribution in [0.25, 0.3) is 0 Å². The Bertz CT molecular complexity index is 500. The summed E-state index contributed by atoms with van der Waals surface area (Å²) in [6, 6.07) is 8.94. The first kappa shape index (κ1) is 14.7. The molecule has 19 heavy (non-hydrogen) atoms. The van der Waals surface area contributed by atoms with E-state index in [2.05, 4.69) is 38.1 Å². The van der Waals surface area contributed by atoms with Crippen LogP contribution in [-0.2, 0) is 21.3 Å². The van der Waals surface area contributed by atoms with E-state index in [1.54, 1.807) is 0 Å². The van der Waals surface area contributed by atoms with Crippen LogP contribution in [0, 0.1) is 5.92 Å². The minimum atomic E-state index is -1.55. The highest BCUT2D eigenvalue weighted by Gasteiger charge is 2.39. The zero-order valence-electron chi connectivity index (χ0n) is 11.7. The van der Waals surface area contributed by atoms with Crippen molar-refractivity contribution in [3.63, 3.8) is 0 Å². The third kappa shape index (κ3) is 3.09. The third-order valence-corrected chi connectivity index (χ3v) is 10.1. The second kappa shape index (κ2) is 5.76. The number of esters is 1. The van der Waals surface area contributed by atoms with E-state index in [1.807, 2.05) is 6.07 Å². The molecule has 0 spiro atoms. The van der Waals surface area contributed by atoms with Gasteiger partial charge in [0.2, 0.25) is 0 Å². The highest BCUT2D eigenvalue weighted by molar-refractivity contribution is 8.18. The van der Waals surface area contributed by atoms with Gasteiger partial charge in [0.15, 0.2) is 0 Å². The van der Waals surface area contributed by atoms with Gasteiger partial charge in [-0.05, 0) is 35.5 Å². The number of hydrogen-bond acceptors (Lipinski definition) is 3. The molecule has 1 saturated heterocycles. The summed E-state index contributed by atoms with van der Waals surface area (Å²) in [6.07, 6.45) is 1.92. The lowest BCUT2D eigenvalue weighted by molar-refractivity contribution is -0.148. The number of ether oxygens (including phenoxy) is 1. The Morgan fingerprint density at radius 3 is 2.53 bits per heavy atom. The maximum absolute atomic E-state index is 11.2. The molecule has 0 saturated carbocycles. The first-order valence-corrected chi connectivity index (χ1v) is 9.80. The third-order valence-electron chi connectivity index (χ3n) is 3.99. The number of rotatable bonds is 2. The highest BCUT2D eigenvalue weighted by atomic mass is 32.4. The van der Waals surface area contributed by atoms with E-state index in [1.165, 1.54) is 12.2 Å². The molecule has 1 aliphatic heterocycles. The molecule has 0 N–H and O–H groups in total. The Balaban J connectivity index is 2.23. The predicted molar refractivity (Wildman–Crippen MR) is 84.0 cm³/mol. The largest absolute Gasteiger partial charge is 0.462 e. The summed E-state index contributed by atoms with van der Waals surface area (Å²) in [7, 11) is 0. The molecule has 1 aromatic rings. The Kier molecular flexibility index (Phi) is 4.47. The molecule has 1 fully saturated rings. The summed E-state index contributed by atoms with van der Waals surface area (Å²) in [5.74, 6) is 0.171. The van der Waals surface area contributed by atoms with E-state index >= 15 is 0 Å². The predicted octanol–water partition coefficient (Wildman–Crippen LogP) is 3.15. The number of hydrogen-bond donors (Lipinski definition) is 0. The molecule has 1 aromatic carbocycles. The first-order chi connectivity index (χ1) is 8.93. The van der Waals surface area contributed by atoms with Crippen molar-refractivity contribution in [2.45, 2.75) is 39.0 Å². The fourth-order valence-electron chi connectivity index (χ4n) is 2.88. The van der Waals surface area contributed by atoms with Gasteiger partial charge in [-0.15, -0.1) is 0 Å². The molecule has 1 aliphatic rings. The van der Waals surface area contributed by atoms with Gasteiger partial charge < -0.3 is 4.74 Å². The quantitative estimate of drug-likeness (QED) is 0.619. The molecule has 104 valence electrons. The minimum Gasteiger partial charge on any atom is -0.462 e. The van der Waals surface area contributed by atoms with Crippen molar-refractivity contribution >= 4 is 29.1 Å². The van der Waals surface area contributed by atoms with Gasteiger partial charge in [0.1, 0.15) is 6.10 Å². The lowest BCUT2D eigenvalue weighted by atomic mass is 10.0. The van der Waals surface area contributed by atoms with Crippen molar-refractivity contribution in [2.75, 3.05) is 6.16 Å². The zero-order chi connectivity index (χ0) is 14.0. The molecular weight excluding hydrogens is 275 g/mol. The van der Waals surface area contributed by atoms with Crippen LogP contribution in [0.4, 0.5) is 0 Å². The van der Waals surface area contributed by atoms with Gasteiger partial charge >= 0.3 is 5.97 Å². The Morgan fingerprint density at radius 2 is 1.95 bits per heavy atom. The van der Waals surface area contributed by atoms with Gasteiger partial charge in [-0.1, -0.05) is 56.0 Å². The maximum Gasteiger partial charge on any atom is 0.302 e. The fourth-order valence-corrected chi connectivity index (χ4v) is 7.61. The Morgan fingerprint density at radius 1 is 1.32 bits per heavy atom. The number of benzene rings is 1. The second-order valence-electron chi connectivity index (χ2n) is 5.52. The van der Waals surface area contributed by atoms with Gasteiger partial charge in [0.25, 0.3) is 0 Å². The van der Waals surface area contributed by atoms with E-state index in [9.17, 15) is 4.79 Å². The zero-order valence-corrected chi connectivity index (χ0v) is 13.4. The van der Waals surface area contributed by atoms with Crippen molar-refractivity contribution in [1.82, 2.24) is 0 Å². The summed E-state index contributed by atoms with van der Waals surface area (Å²) in [5, 5.41) is 1.32. The molecule has 2 nitrogen and oxygen atoms in total. The van der Waals surface area contributed by atoms with Crippen LogP contribution >= 0.6 is 6.04 Å². The first-order valence-electron chi connectivity index (χ1n) is 6.75. The minimum absolute atomic E-state index is 0.0345. The van der Waals surface area contributed by atoms with E-state index < -0.39 is 6.04 Å². The standard InChI is InChI=1S/C15H21O2PS/c1-11-10-18(19,14-7-5-4-6-8-14)12(2)9-15(11)17-13(3)16/h4-8,11-12,15H,9-10H2,1-3H3/t11-,12+,15-,18-/m0/s1. The molecule has 0 amide bonds. The summed E-state index contributed by atoms with van der Waals surface area (Å²) >= 11 is 6.06. The molecule has 0 aliphatic carbocycles. The average molecular weight is 296 g/mol. The molecule has 0 bridgehead atoms. The lowest BCUT2D eigenvalue weighted by Gasteiger charge is -2.41.